The second-order valence-electron chi connectivity index (χ2n) is 4.82. The average molecular weight is 227 g/mol. The van der Waals surface area contributed by atoms with Gasteiger partial charge in [-0.2, -0.15) is 4.98 Å². The summed E-state index contributed by atoms with van der Waals surface area (Å²) in [6, 6.07) is 8.48. The molecule has 4 nitrogen and oxygen atoms in total. The highest BCUT2D eigenvalue weighted by atomic mass is 16.5. The van der Waals surface area contributed by atoms with E-state index in [1.807, 2.05) is 6.07 Å². The van der Waals surface area contributed by atoms with Crippen LogP contribution in [0.2, 0.25) is 0 Å². The monoisotopic (exact) mass is 227 g/mol. The Bertz CT molecular complexity index is 534. The van der Waals surface area contributed by atoms with Gasteiger partial charge in [-0.25, -0.2) is 0 Å². The predicted molar refractivity (Wildman–Crippen MR) is 62.8 cm³/mol. The molecule has 0 amide bonds. The number of rotatable bonds is 2. The summed E-state index contributed by atoms with van der Waals surface area (Å²) in [5.41, 5.74) is 2.51. The standard InChI is InChI=1S/C13H13N3O/c1-2-4-10-9(3-1)7-11(14-10)13-15-12(16-17-13)8-5-6-8/h1-4,8,11,14H,5-7H2/t11-/m0/s1. The van der Waals surface area contributed by atoms with Gasteiger partial charge in [0.1, 0.15) is 6.04 Å². The van der Waals surface area contributed by atoms with Crippen molar-refractivity contribution >= 4 is 5.69 Å². The maximum Gasteiger partial charge on any atom is 0.249 e. The molecule has 4 rings (SSSR count). The minimum atomic E-state index is 0.146. The van der Waals surface area contributed by atoms with E-state index in [-0.39, 0.29) is 6.04 Å². The fourth-order valence-electron chi connectivity index (χ4n) is 2.34. The molecule has 1 aliphatic carbocycles. The molecule has 0 unspecified atom stereocenters. The number of nitrogens with one attached hydrogen (secondary N) is 1. The Morgan fingerprint density at radius 1 is 1.24 bits per heavy atom. The lowest BCUT2D eigenvalue weighted by molar-refractivity contribution is 0.359. The molecular weight excluding hydrogens is 214 g/mol. The van der Waals surface area contributed by atoms with Crippen LogP contribution in [0, 0.1) is 0 Å². The Kier molecular flexibility index (Phi) is 1.80. The van der Waals surface area contributed by atoms with Crippen molar-refractivity contribution in [2.45, 2.75) is 31.2 Å². The van der Waals surface area contributed by atoms with Crippen LogP contribution >= 0.6 is 0 Å². The number of hydrogen-bond acceptors (Lipinski definition) is 4. The first kappa shape index (κ1) is 9.22. The number of para-hydroxylation sites is 1. The normalized spacial score (nSPS) is 22.2. The second kappa shape index (κ2) is 3.32. The quantitative estimate of drug-likeness (QED) is 0.856. The second-order valence-corrected chi connectivity index (χ2v) is 4.82. The van der Waals surface area contributed by atoms with Gasteiger partial charge in [-0.3, -0.25) is 0 Å². The highest BCUT2D eigenvalue weighted by Gasteiger charge is 2.32. The highest BCUT2D eigenvalue weighted by Crippen LogP contribution is 2.39. The molecule has 2 aliphatic rings. The Balaban J connectivity index is 1.60. The summed E-state index contributed by atoms with van der Waals surface area (Å²) < 4.78 is 5.36. The van der Waals surface area contributed by atoms with Crippen LogP contribution in [0.5, 0.6) is 0 Å². The van der Waals surface area contributed by atoms with E-state index in [4.69, 9.17) is 4.52 Å². The summed E-state index contributed by atoms with van der Waals surface area (Å²) in [5.74, 6) is 2.16. The van der Waals surface area contributed by atoms with Gasteiger partial charge in [-0.15, -0.1) is 0 Å². The number of hydrogen-bond donors (Lipinski definition) is 1. The molecule has 1 aromatic carbocycles. The van der Waals surface area contributed by atoms with Crippen LogP contribution in [-0.4, -0.2) is 10.1 Å². The molecular formula is C13H13N3O. The number of anilines is 1. The average Bonchev–Trinajstić information content (AvgIpc) is 2.94. The molecule has 1 atom stereocenters. The number of aromatic nitrogens is 2. The molecule has 0 radical (unpaired) electrons. The Morgan fingerprint density at radius 2 is 2.12 bits per heavy atom. The molecule has 1 aliphatic heterocycles. The molecule has 1 saturated carbocycles. The first-order valence-corrected chi connectivity index (χ1v) is 6.08. The zero-order valence-corrected chi connectivity index (χ0v) is 9.39. The third-order valence-corrected chi connectivity index (χ3v) is 3.47. The van der Waals surface area contributed by atoms with E-state index >= 15 is 0 Å². The van der Waals surface area contributed by atoms with Gasteiger partial charge in [0.25, 0.3) is 0 Å². The van der Waals surface area contributed by atoms with Crippen molar-refractivity contribution in [2.75, 3.05) is 5.32 Å². The summed E-state index contributed by atoms with van der Waals surface area (Å²) in [4.78, 5) is 4.50. The first-order chi connectivity index (χ1) is 8.40. The van der Waals surface area contributed by atoms with Gasteiger partial charge in [-0.05, 0) is 24.5 Å². The van der Waals surface area contributed by atoms with Gasteiger partial charge in [0.2, 0.25) is 5.89 Å². The van der Waals surface area contributed by atoms with Crippen LogP contribution < -0.4 is 5.32 Å². The van der Waals surface area contributed by atoms with Crippen molar-refractivity contribution in [3.8, 4) is 0 Å². The van der Waals surface area contributed by atoms with Gasteiger partial charge in [0.05, 0.1) is 0 Å². The molecule has 1 N–H and O–H groups in total. The first-order valence-electron chi connectivity index (χ1n) is 6.08. The summed E-state index contributed by atoms with van der Waals surface area (Å²) in [7, 11) is 0. The third kappa shape index (κ3) is 1.52. The highest BCUT2D eigenvalue weighted by molar-refractivity contribution is 5.56. The van der Waals surface area contributed by atoms with E-state index in [1.54, 1.807) is 0 Å². The SMILES string of the molecule is c1ccc2c(c1)C[C@@H](c1nc(C3CC3)no1)N2. The molecule has 0 bridgehead atoms. The van der Waals surface area contributed by atoms with Crippen molar-refractivity contribution in [3.63, 3.8) is 0 Å². The zero-order chi connectivity index (χ0) is 11.2. The van der Waals surface area contributed by atoms with E-state index in [2.05, 4.69) is 33.7 Å². The lowest BCUT2D eigenvalue weighted by atomic mass is 10.1. The fraction of sp³-hybridized carbons (Fsp3) is 0.385. The number of fused-ring (bicyclic) bond motifs is 1. The van der Waals surface area contributed by atoms with Gasteiger partial charge >= 0.3 is 0 Å². The summed E-state index contributed by atoms with van der Waals surface area (Å²) >= 11 is 0. The van der Waals surface area contributed by atoms with Gasteiger partial charge in [-0.1, -0.05) is 23.4 Å². The topological polar surface area (TPSA) is 51.0 Å². The number of benzene rings is 1. The number of nitrogens with zero attached hydrogens (tertiary/aromatic N) is 2. The van der Waals surface area contributed by atoms with Crippen LogP contribution in [0.4, 0.5) is 5.69 Å². The minimum Gasteiger partial charge on any atom is -0.373 e. The van der Waals surface area contributed by atoms with E-state index in [1.165, 1.54) is 24.1 Å². The molecule has 1 fully saturated rings. The smallest absolute Gasteiger partial charge is 0.249 e. The lowest BCUT2D eigenvalue weighted by Gasteiger charge is -2.04. The van der Waals surface area contributed by atoms with Crippen LogP contribution in [0.25, 0.3) is 0 Å². The maximum atomic E-state index is 5.36. The largest absolute Gasteiger partial charge is 0.373 e. The van der Waals surface area contributed by atoms with Gasteiger partial charge in [0.15, 0.2) is 5.82 Å². The van der Waals surface area contributed by atoms with Crippen molar-refractivity contribution in [3.05, 3.63) is 41.5 Å². The third-order valence-electron chi connectivity index (χ3n) is 3.47. The Morgan fingerprint density at radius 3 is 2.94 bits per heavy atom. The molecule has 2 aromatic rings. The molecule has 1 aromatic heterocycles. The minimum absolute atomic E-state index is 0.146. The van der Waals surface area contributed by atoms with E-state index in [9.17, 15) is 0 Å². The molecule has 0 saturated heterocycles. The van der Waals surface area contributed by atoms with Gasteiger partial charge in [0, 0.05) is 18.0 Å². The van der Waals surface area contributed by atoms with E-state index in [0.717, 1.165) is 18.1 Å². The van der Waals surface area contributed by atoms with E-state index in [0.29, 0.717) is 5.92 Å². The van der Waals surface area contributed by atoms with Crippen LogP contribution in [-0.2, 0) is 6.42 Å². The van der Waals surface area contributed by atoms with Crippen molar-refractivity contribution in [2.24, 2.45) is 0 Å². The van der Waals surface area contributed by atoms with Crippen LogP contribution in [0.15, 0.2) is 28.8 Å². The zero-order valence-electron chi connectivity index (χ0n) is 9.39. The summed E-state index contributed by atoms with van der Waals surface area (Å²) in [6.07, 6.45) is 3.34. The summed E-state index contributed by atoms with van der Waals surface area (Å²) in [6.45, 7) is 0. The van der Waals surface area contributed by atoms with Crippen LogP contribution in [0.3, 0.4) is 0 Å². The summed E-state index contributed by atoms with van der Waals surface area (Å²) in [5, 5.41) is 7.49. The molecule has 0 spiro atoms. The van der Waals surface area contributed by atoms with Crippen molar-refractivity contribution in [1.29, 1.82) is 0 Å². The van der Waals surface area contributed by atoms with E-state index < -0.39 is 0 Å². The fourth-order valence-corrected chi connectivity index (χ4v) is 2.34. The van der Waals surface area contributed by atoms with Crippen LogP contribution in [0.1, 0.15) is 42.1 Å². The lowest BCUT2D eigenvalue weighted by Crippen LogP contribution is -2.06. The molecule has 4 heteroatoms. The predicted octanol–water partition coefficient (Wildman–Crippen LogP) is 2.66. The molecule has 2 heterocycles. The van der Waals surface area contributed by atoms with Crippen molar-refractivity contribution < 1.29 is 4.52 Å². The van der Waals surface area contributed by atoms with Crippen molar-refractivity contribution in [1.82, 2.24) is 10.1 Å². The molecule has 17 heavy (non-hydrogen) atoms. The Hall–Kier alpha value is -1.84. The van der Waals surface area contributed by atoms with Gasteiger partial charge < -0.3 is 9.84 Å². The Labute approximate surface area is 99.0 Å². The molecule has 86 valence electrons. The maximum absolute atomic E-state index is 5.36.